The van der Waals surface area contributed by atoms with Crippen molar-refractivity contribution in [2.75, 3.05) is 0 Å². The second-order valence-electron chi connectivity index (χ2n) is 5.91. The van der Waals surface area contributed by atoms with Gasteiger partial charge in [-0.2, -0.15) is 0 Å². The van der Waals surface area contributed by atoms with E-state index in [0.29, 0.717) is 12.4 Å². The summed E-state index contributed by atoms with van der Waals surface area (Å²) in [6, 6.07) is 22.4. The summed E-state index contributed by atoms with van der Waals surface area (Å²) >= 11 is 0. The number of hydrogen-bond donors (Lipinski definition) is 1. The lowest BCUT2D eigenvalue weighted by molar-refractivity contribution is 0.104. The molecule has 0 fully saturated rings. The molecule has 27 heavy (non-hydrogen) atoms. The van der Waals surface area contributed by atoms with E-state index in [9.17, 15) is 9.90 Å². The molecule has 0 aliphatic heterocycles. The molecule has 4 nitrogen and oxygen atoms in total. The number of allylic oxidation sites excluding steroid dienone is 1. The topological polar surface area (TPSA) is 55.8 Å². The van der Waals surface area contributed by atoms with E-state index >= 15 is 0 Å². The van der Waals surface area contributed by atoms with Crippen LogP contribution in [-0.2, 0) is 13.2 Å². The fourth-order valence-electron chi connectivity index (χ4n) is 2.58. The van der Waals surface area contributed by atoms with Gasteiger partial charge in [0.2, 0.25) is 5.75 Å². The van der Waals surface area contributed by atoms with Crippen LogP contribution in [0, 0.1) is 0 Å². The SMILES string of the molecule is C=CC(=O)c1ccc(OCc2ccccc2)c(OCc2ccccc2)c1O. The van der Waals surface area contributed by atoms with Gasteiger partial charge in [-0.1, -0.05) is 67.2 Å². The van der Waals surface area contributed by atoms with Gasteiger partial charge < -0.3 is 14.6 Å². The monoisotopic (exact) mass is 360 g/mol. The molecule has 0 saturated heterocycles. The van der Waals surface area contributed by atoms with Crippen molar-refractivity contribution in [1.82, 2.24) is 0 Å². The second-order valence-corrected chi connectivity index (χ2v) is 5.91. The van der Waals surface area contributed by atoms with E-state index < -0.39 is 0 Å². The summed E-state index contributed by atoms with van der Waals surface area (Å²) in [4.78, 5) is 12.0. The number of carbonyl (C=O) groups is 1. The quantitative estimate of drug-likeness (QED) is 0.458. The number of phenols is 1. The number of ether oxygens (including phenoxy) is 2. The Balaban J connectivity index is 1.87. The van der Waals surface area contributed by atoms with E-state index in [1.54, 1.807) is 6.07 Å². The average Bonchev–Trinajstić information content (AvgIpc) is 2.72. The zero-order valence-electron chi connectivity index (χ0n) is 14.8. The third-order valence-electron chi connectivity index (χ3n) is 4.01. The lowest BCUT2D eigenvalue weighted by atomic mass is 10.1. The van der Waals surface area contributed by atoms with Crippen molar-refractivity contribution in [2.24, 2.45) is 0 Å². The molecule has 1 N–H and O–H groups in total. The highest BCUT2D eigenvalue weighted by Gasteiger charge is 2.19. The maximum absolute atomic E-state index is 12.0. The van der Waals surface area contributed by atoms with E-state index in [1.165, 1.54) is 6.07 Å². The van der Waals surface area contributed by atoms with Gasteiger partial charge >= 0.3 is 0 Å². The van der Waals surface area contributed by atoms with Gasteiger partial charge in [0.15, 0.2) is 17.3 Å². The van der Waals surface area contributed by atoms with Crippen LogP contribution in [0.15, 0.2) is 85.5 Å². The molecule has 136 valence electrons. The first-order chi connectivity index (χ1) is 13.2. The highest BCUT2D eigenvalue weighted by atomic mass is 16.5. The predicted molar refractivity (Wildman–Crippen MR) is 104 cm³/mol. The van der Waals surface area contributed by atoms with E-state index in [2.05, 4.69) is 6.58 Å². The summed E-state index contributed by atoms with van der Waals surface area (Å²) in [5, 5.41) is 10.6. The minimum absolute atomic E-state index is 0.125. The van der Waals surface area contributed by atoms with Gasteiger partial charge in [0.25, 0.3) is 0 Å². The molecule has 0 spiro atoms. The highest BCUT2D eigenvalue weighted by Crippen LogP contribution is 2.40. The number of aromatic hydroxyl groups is 1. The third kappa shape index (κ3) is 4.55. The fraction of sp³-hybridized carbons (Fsp3) is 0.0870. The zero-order chi connectivity index (χ0) is 19.1. The van der Waals surface area contributed by atoms with Crippen LogP contribution in [-0.4, -0.2) is 10.9 Å². The van der Waals surface area contributed by atoms with E-state index in [1.807, 2.05) is 60.7 Å². The fourth-order valence-corrected chi connectivity index (χ4v) is 2.58. The number of carbonyl (C=O) groups excluding carboxylic acids is 1. The lowest BCUT2D eigenvalue weighted by Crippen LogP contribution is -2.03. The Morgan fingerprint density at radius 2 is 1.41 bits per heavy atom. The first-order valence-electron chi connectivity index (χ1n) is 8.55. The molecule has 0 saturated carbocycles. The van der Waals surface area contributed by atoms with Crippen LogP contribution >= 0.6 is 0 Å². The summed E-state index contributed by atoms with van der Waals surface area (Å²) in [7, 11) is 0. The first-order valence-corrected chi connectivity index (χ1v) is 8.55. The molecule has 0 aliphatic rings. The Bertz CT molecular complexity index is 918. The summed E-state index contributed by atoms with van der Waals surface area (Å²) in [5.41, 5.74) is 2.05. The molecule has 0 amide bonds. The average molecular weight is 360 g/mol. The zero-order valence-corrected chi connectivity index (χ0v) is 14.8. The smallest absolute Gasteiger partial charge is 0.204 e. The van der Waals surface area contributed by atoms with Gasteiger partial charge in [-0.25, -0.2) is 0 Å². The van der Waals surface area contributed by atoms with Crippen molar-refractivity contribution in [1.29, 1.82) is 0 Å². The van der Waals surface area contributed by atoms with Crippen LogP contribution in [0.5, 0.6) is 17.2 Å². The normalized spacial score (nSPS) is 10.2. The van der Waals surface area contributed by atoms with Crippen LogP contribution in [0.4, 0.5) is 0 Å². The van der Waals surface area contributed by atoms with Crippen LogP contribution < -0.4 is 9.47 Å². The molecule has 3 rings (SSSR count). The Morgan fingerprint density at radius 3 is 1.96 bits per heavy atom. The standard InChI is InChI=1S/C23H20O4/c1-2-20(24)19-13-14-21(26-15-17-9-5-3-6-10-17)23(22(19)25)27-16-18-11-7-4-8-12-18/h2-14,25H,1,15-16H2. The van der Waals surface area contributed by atoms with Crippen molar-refractivity contribution < 1.29 is 19.4 Å². The molecule has 0 heterocycles. The number of phenolic OH excluding ortho intramolecular Hbond substituents is 1. The maximum atomic E-state index is 12.0. The van der Waals surface area contributed by atoms with Crippen LogP contribution in [0.3, 0.4) is 0 Å². The van der Waals surface area contributed by atoms with Gasteiger partial charge in [0.1, 0.15) is 13.2 Å². The lowest BCUT2D eigenvalue weighted by Gasteiger charge is -2.16. The number of rotatable bonds is 8. The van der Waals surface area contributed by atoms with Gasteiger partial charge in [-0.05, 0) is 29.3 Å². The largest absolute Gasteiger partial charge is 0.504 e. The molecule has 0 aliphatic carbocycles. The van der Waals surface area contributed by atoms with E-state index in [4.69, 9.17) is 9.47 Å². The minimum Gasteiger partial charge on any atom is -0.504 e. The first kappa shape index (κ1) is 18.3. The van der Waals surface area contributed by atoms with Crippen molar-refractivity contribution in [3.63, 3.8) is 0 Å². The van der Waals surface area contributed by atoms with Crippen molar-refractivity contribution >= 4 is 5.78 Å². The Hall–Kier alpha value is -3.53. The van der Waals surface area contributed by atoms with Crippen molar-refractivity contribution in [3.8, 4) is 17.2 Å². The molecule has 3 aromatic rings. The molecule has 0 aromatic heterocycles. The second kappa shape index (κ2) is 8.72. The molecule has 0 atom stereocenters. The van der Waals surface area contributed by atoms with Crippen LogP contribution in [0.1, 0.15) is 21.5 Å². The van der Waals surface area contributed by atoms with Crippen LogP contribution in [0.25, 0.3) is 0 Å². The predicted octanol–water partition coefficient (Wildman–Crippen LogP) is 4.92. The molecule has 0 unspecified atom stereocenters. The summed E-state index contributed by atoms with van der Waals surface area (Å²) in [5.74, 6) is -0.122. The highest BCUT2D eigenvalue weighted by molar-refractivity contribution is 6.06. The Labute approximate surface area is 158 Å². The van der Waals surface area contributed by atoms with Gasteiger partial charge in [0, 0.05) is 0 Å². The molecular weight excluding hydrogens is 340 g/mol. The minimum atomic E-state index is -0.383. The molecule has 3 aromatic carbocycles. The summed E-state index contributed by atoms with van der Waals surface area (Å²) in [6.45, 7) is 4.02. The Kier molecular flexibility index (Phi) is 5.90. The van der Waals surface area contributed by atoms with Gasteiger partial charge in [-0.15, -0.1) is 0 Å². The van der Waals surface area contributed by atoms with Gasteiger partial charge in [-0.3, -0.25) is 4.79 Å². The summed E-state index contributed by atoms with van der Waals surface area (Å²) < 4.78 is 11.7. The summed E-state index contributed by atoms with van der Waals surface area (Å²) in [6.07, 6.45) is 1.15. The van der Waals surface area contributed by atoms with E-state index in [-0.39, 0.29) is 29.5 Å². The van der Waals surface area contributed by atoms with Crippen LogP contribution in [0.2, 0.25) is 0 Å². The number of ketones is 1. The molecular formula is C23H20O4. The number of benzene rings is 3. The maximum Gasteiger partial charge on any atom is 0.204 e. The van der Waals surface area contributed by atoms with Crippen molar-refractivity contribution in [3.05, 3.63) is 102 Å². The third-order valence-corrected chi connectivity index (χ3v) is 4.01. The molecule has 0 bridgehead atoms. The van der Waals surface area contributed by atoms with E-state index in [0.717, 1.165) is 17.2 Å². The Morgan fingerprint density at radius 1 is 0.852 bits per heavy atom. The van der Waals surface area contributed by atoms with Crippen molar-refractivity contribution in [2.45, 2.75) is 13.2 Å². The van der Waals surface area contributed by atoms with Gasteiger partial charge in [0.05, 0.1) is 5.56 Å². The molecule has 4 heteroatoms. The number of hydrogen-bond acceptors (Lipinski definition) is 4. The molecule has 0 radical (unpaired) electrons.